The Morgan fingerprint density at radius 3 is 2.55 bits per heavy atom. The quantitative estimate of drug-likeness (QED) is 0.0676. The van der Waals surface area contributed by atoms with Gasteiger partial charge in [0.1, 0.15) is 29.7 Å². The van der Waals surface area contributed by atoms with Gasteiger partial charge in [0.05, 0.1) is 30.3 Å². The number of carbonyl (C=O) groups is 5. The van der Waals surface area contributed by atoms with Gasteiger partial charge in [0.2, 0.25) is 11.8 Å². The summed E-state index contributed by atoms with van der Waals surface area (Å²) in [6.45, 7) is 13.3. The number of nitrogens with one attached hydrogen (secondary N) is 4. The van der Waals surface area contributed by atoms with E-state index >= 15 is 0 Å². The minimum atomic E-state index is -1.22. The number of aryl methyl sites for hydroxylation is 1. The van der Waals surface area contributed by atoms with Gasteiger partial charge in [-0.2, -0.15) is 0 Å². The first kappa shape index (κ1) is 51.9. The minimum absolute atomic E-state index is 0.0332. The van der Waals surface area contributed by atoms with Crippen LogP contribution in [0.4, 0.5) is 5.82 Å². The van der Waals surface area contributed by atoms with Crippen molar-refractivity contribution < 1.29 is 38.6 Å². The van der Waals surface area contributed by atoms with Gasteiger partial charge < -0.3 is 44.6 Å². The van der Waals surface area contributed by atoms with E-state index in [0.29, 0.717) is 43.5 Å². The number of aromatic nitrogens is 4. The number of cyclic esters (lactones) is 1. The molecule has 0 unspecified atom stereocenters. The monoisotopic (exact) mass is 973 g/mol. The van der Waals surface area contributed by atoms with Crippen molar-refractivity contribution in [1.29, 1.82) is 0 Å². The van der Waals surface area contributed by atoms with E-state index in [1.54, 1.807) is 45.4 Å². The number of hydrogen-bond donors (Lipinski definition) is 5. The number of pyridine rings is 1. The summed E-state index contributed by atoms with van der Waals surface area (Å²) in [5.74, 6) is -3.03. The van der Waals surface area contributed by atoms with Crippen molar-refractivity contribution in [2.75, 3.05) is 53.3 Å². The van der Waals surface area contributed by atoms with Gasteiger partial charge in [-0.1, -0.05) is 45.9 Å². The fourth-order valence-electron chi connectivity index (χ4n) is 9.58. The molecule has 2 aliphatic rings. The smallest absolute Gasteiger partial charge is 0.324 e. The highest BCUT2D eigenvalue weighted by Gasteiger charge is 2.38. The summed E-state index contributed by atoms with van der Waals surface area (Å²) in [6.07, 6.45) is 7.25. The van der Waals surface area contributed by atoms with E-state index in [-0.39, 0.29) is 43.1 Å². The Hall–Kier alpha value is -6.89. The second-order valence-corrected chi connectivity index (χ2v) is 19.9. The molecule has 4 atom stereocenters. The number of anilines is 1. The Bertz CT molecular complexity index is 2810. The van der Waals surface area contributed by atoms with E-state index in [0.717, 1.165) is 39.0 Å². The van der Waals surface area contributed by atoms with Crippen LogP contribution in [0.15, 0.2) is 73.1 Å². The number of aromatic hydroxyl groups is 1. The molecule has 4 amide bonds. The zero-order chi connectivity index (χ0) is 51.3. The Balaban J connectivity index is 1.26. The molecule has 5 N–H and O–H groups in total. The molecule has 1 saturated heterocycles. The Morgan fingerprint density at radius 2 is 1.83 bits per heavy atom. The molecule has 0 saturated carbocycles. The van der Waals surface area contributed by atoms with Crippen molar-refractivity contribution in [3.63, 3.8) is 0 Å². The summed E-state index contributed by atoms with van der Waals surface area (Å²) in [4.78, 5) is 84.7. The molecule has 2 aromatic carbocycles. The minimum Gasteiger partial charge on any atom is -0.508 e. The van der Waals surface area contributed by atoms with Crippen LogP contribution in [0.1, 0.15) is 87.9 Å². The molecule has 2 aliphatic heterocycles. The molecule has 3 aromatic heterocycles. The van der Waals surface area contributed by atoms with Crippen molar-refractivity contribution in [3.8, 4) is 28.1 Å². The van der Waals surface area contributed by atoms with Crippen molar-refractivity contribution in [2.45, 2.75) is 98.0 Å². The molecule has 0 aliphatic carbocycles. The lowest BCUT2D eigenvalue weighted by Gasteiger charge is -2.36. The number of carbonyl (C=O) groups excluding carboxylic acids is 5. The van der Waals surface area contributed by atoms with E-state index in [4.69, 9.17) is 14.5 Å². The number of ether oxygens (including phenoxy) is 2. The largest absolute Gasteiger partial charge is 0.508 e. The fraction of sp³-hybridized carbons (Fsp3) is 0.453. The van der Waals surface area contributed by atoms with Crippen LogP contribution in [-0.4, -0.2) is 135 Å². The van der Waals surface area contributed by atoms with Crippen LogP contribution in [0.5, 0.6) is 5.75 Å². The van der Waals surface area contributed by atoms with Crippen molar-refractivity contribution in [1.82, 2.24) is 45.1 Å². The lowest BCUT2D eigenvalue weighted by Crippen LogP contribution is -2.62. The molecular weight excluding hydrogens is 905 g/mol. The number of phenols is 1. The molecule has 6 bridgehead atoms. The molecule has 0 radical (unpaired) electrons. The molecule has 7 rings (SSSR count). The van der Waals surface area contributed by atoms with Gasteiger partial charge in [-0.3, -0.25) is 34.0 Å². The Kier molecular flexibility index (Phi) is 16.1. The number of likely N-dealkylation sites (N-methyl/N-ethyl adjacent to an activating group) is 2. The average molecular weight is 973 g/mol. The highest BCUT2D eigenvalue weighted by atomic mass is 16.5. The normalized spacial score (nSPS) is 18.3. The fourth-order valence-corrected chi connectivity index (χ4v) is 9.58. The second kappa shape index (κ2) is 22.0. The van der Waals surface area contributed by atoms with E-state index in [1.165, 1.54) is 29.2 Å². The summed E-state index contributed by atoms with van der Waals surface area (Å²) >= 11 is 0. The SMILES string of the molecule is CCn1c(-c2cccnc2[C@H](C)OC)c2c3cc(ccc31)-c1cc(O)cc(c1)C[C@H](NC(=O)[C@H](C(C)C)N(C)C(=O)c1ncc(NC(=O)/C=C/CN(C)C)[nH]1)C(=O)N1CCC[C@H](N1)C(=O)OCC(C)(C)C2. The number of amides is 4. The number of benzene rings is 2. The predicted molar refractivity (Wildman–Crippen MR) is 271 cm³/mol. The van der Waals surface area contributed by atoms with E-state index < -0.39 is 59.1 Å². The summed E-state index contributed by atoms with van der Waals surface area (Å²) in [7, 11) is 6.90. The zero-order valence-corrected chi connectivity index (χ0v) is 42.5. The number of phenolic OH excluding ortho intramolecular Hbond substituents is 1. The molecule has 378 valence electrons. The van der Waals surface area contributed by atoms with Gasteiger partial charge in [-0.05, 0) is 112 Å². The average Bonchev–Trinajstić information content (AvgIpc) is 3.92. The first-order valence-corrected chi connectivity index (χ1v) is 24.2. The third kappa shape index (κ3) is 11.8. The van der Waals surface area contributed by atoms with Crippen LogP contribution in [0.25, 0.3) is 33.3 Å². The Morgan fingerprint density at radius 1 is 1.06 bits per heavy atom. The summed E-state index contributed by atoms with van der Waals surface area (Å²) in [5.41, 5.74) is 9.38. The van der Waals surface area contributed by atoms with Crippen LogP contribution in [0.3, 0.4) is 0 Å². The zero-order valence-electron chi connectivity index (χ0n) is 42.5. The molecular formula is C53H68N10O8. The molecule has 0 spiro atoms. The maximum absolute atomic E-state index is 14.8. The number of H-pyrrole nitrogens is 1. The highest BCUT2D eigenvalue weighted by Crippen LogP contribution is 2.42. The van der Waals surface area contributed by atoms with Crippen LogP contribution >= 0.6 is 0 Å². The number of hydrazine groups is 1. The molecule has 1 fully saturated rings. The van der Waals surface area contributed by atoms with Crippen LogP contribution in [0, 0.1) is 11.3 Å². The van der Waals surface area contributed by atoms with E-state index in [1.807, 2.05) is 44.1 Å². The lowest BCUT2D eigenvalue weighted by atomic mass is 9.84. The number of imidazole rings is 1. The third-order valence-electron chi connectivity index (χ3n) is 13.1. The maximum Gasteiger partial charge on any atom is 0.324 e. The second-order valence-electron chi connectivity index (χ2n) is 19.9. The molecule has 18 nitrogen and oxygen atoms in total. The third-order valence-corrected chi connectivity index (χ3v) is 13.1. The Labute approximate surface area is 415 Å². The number of fused-ring (bicyclic) bond motifs is 6. The molecule has 18 heteroatoms. The summed E-state index contributed by atoms with van der Waals surface area (Å²) in [5, 5.41) is 19.3. The van der Waals surface area contributed by atoms with Crippen molar-refractivity contribution >= 4 is 46.3 Å². The molecule has 71 heavy (non-hydrogen) atoms. The van der Waals surface area contributed by atoms with Gasteiger partial charge in [-0.25, -0.2) is 10.4 Å². The number of rotatable bonds is 13. The van der Waals surface area contributed by atoms with Crippen molar-refractivity contribution in [3.05, 3.63) is 95.7 Å². The number of nitrogens with zero attached hydrogens (tertiary/aromatic N) is 6. The van der Waals surface area contributed by atoms with Gasteiger partial charge in [0.15, 0.2) is 5.82 Å². The summed E-state index contributed by atoms with van der Waals surface area (Å²) in [6, 6.07) is 12.2. The summed E-state index contributed by atoms with van der Waals surface area (Å²) < 4.78 is 14.2. The molecule has 5 aromatic rings. The first-order valence-electron chi connectivity index (χ1n) is 24.2. The van der Waals surface area contributed by atoms with Gasteiger partial charge in [0.25, 0.3) is 11.8 Å². The standard InChI is InChI=1S/C53H68N10O8/c1-11-62-42-19-18-34-27-38(42)39(47(62)37-15-12-20-54-45(37)32(4)70-10)28-53(5,6)30-71-52(69)40-16-13-22-63(59-40)50(67)41(25-33-23-35(34)26-36(64)24-33)56-49(66)46(31(2)3)61(9)51(68)48-55-29-43(58-48)57-44(65)17-14-21-60(7)8/h12,14-15,17-20,23-24,26-27,29,31-32,40-41,46,59,64H,11,13,16,21-22,25,28,30H2,1-10H3,(H,55,58)(H,56,66)(H,57,65)/b17-14+/t32-,40-,41-,46-/m0/s1. The number of methoxy groups -OCH3 is 1. The number of aromatic amines is 1. The van der Waals surface area contributed by atoms with Crippen LogP contribution in [0.2, 0.25) is 0 Å². The first-order chi connectivity index (χ1) is 33.8. The topological polar surface area (TPSA) is 216 Å². The van der Waals surface area contributed by atoms with Crippen LogP contribution < -0.4 is 16.1 Å². The highest BCUT2D eigenvalue weighted by molar-refractivity contribution is 6.00. The number of hydrogen-bond acceptors (Lipinski definition) is 12. The van der Waals surface area contributed by atoms with E-state index in [2.05, 4.69) is 69.6 Å². The molecule has 5 heterocycles. The predicted octanol–water partition coefficient (Wildman–Crippen LogP) is 6.03. The van der Waals surface area contributed by atoms with Gasteiger partial charge in [-0.15, -0.1) is 0 Å². The van der Waals surface area contributed by atoms with Gasteiger partial charge >= 0.3 is 5.97 Å². The maximum atomic E-state index is 14.8. The van der Waals surface area contributed by atoms with Gasteiger partial charge in [0, 0.05) is 74.4 Å². The lowest BCUT2D eigenvalue weighted by molar-refractivity contribution is -0.155. The number of esters is 1. The van der Waals surface area contributed by atoms with Crippen LogP contribution in [-0.2, 0) is 48.0 Å². The van der Waals surface area contributed by atoms with Crippen molar-refractivity contribution in [2.24, 2.45) is 11.3 Å². The van der Waals surface area contributed by atoms with E-state index in [9.17, 15) is 29.1 Å².